The van der Waals surface area contributed by atoms with Crippen LogP contribution in [0.4, 0.5) is 0 Å². The van der Waals surface area contributed by atoms with E-state index in [-0.39, 0.29) is 23.9 Å². The molecule has 0 saturated carbocycles. The Bertz CT molecular complexity index is 962. The lowest BCUT2D eigenvalue weighted by molar-refractivity contribution is -0.140. The summed E-state index contributed by atoms with van der Waals surface area (Å²) in [6.07, 6.45) is 0. The number of carbonyl (C=O) groups excluding carboxylic acids is 2. The number of fused-ring (bicyclic) bond motifs is 1. The maximum atomic E-state index is 12.8. The second-order valence-corrected chi connectivity index (χ2v) is 9.76. The summed E-state index contributed by atoms with van der Waals surface area (Å²) in [4.78, 5) is 31.9. The molecule has 0 aliphatic carbocycles. The zero-order chi connectivity index (χ0) is 21.6. The van der Waals surface area contributed by atoms with Gasteiger partial charge in [-0.1, -0.05) is 23.2 Å². The third kappa shape index (κ3) is 4.85. The quantitative estimate of drug-likeness (QED) is 0.767. The third-order valence-corrected chi connectivity index (χ3v) is 5.51. The molecule has 1 aromatic carbocycles. The molecular weight excluding hydrogens is 413 g/mol. The summed E-state index contributed by atoms with van der Waals surface area (Å²) >= 11 is 12.4. The fourth-order valence-electron chi connectivity index (χ4n) is 3.47. The Morgan fingerprint density at radius 3 is 2.59 bits per heavy atom. The van der Waals surface area contributed by atoms with Crippen LogP contribution in [0.5, 0.6) is 0 Å². The van der Waals surface area contributed by atoms with Crippen LogP contribution >= 0.6 is 23.2 Å². The highest BCUT2D eigenvalue weighted by molar-refractivity contribution is 6.42. The Morgan fingerprint density at radius 2 is 1.93 bits per heavy atom. The van der Waals surface area contributed by atoms with Crippen LogP contribution in [0.25, 0.3) is 11.0 Å². The molecule has 2 aromatic rings. The lowest BCUT2D eigenvalue weighted by atomic mass is 10.0. The van der Waals surface area contributed by atoms with E-state index in [4.69, 9.17) is 23.2 Å². The van der Waals surface area contributed by atoms with Gasteiger partial charge in [0.2, 0.25) is 11.8 Å². The van der Waals surface area contributed by atoms with Crippen molar-refractivity contribution in [1.82, 2.24) is 25.1 Å². The van der Waals surface area contributed by atoms with Gasteiger partial charge in [-0.25, -0.2) is 4.98 Å². The molecule has 1 fully saturated rings. The van der Waals surface area contributed by atoms with Gasteiger partial charge in [0.1, 0.15) is 12.4 Å². The average molecular weight is 440 g/mol. The van der Waals surface area contributed by atoms with E-state index in [2.05, 4.69) is 15.6 Å². The van der Waals surface area contributed by atoms with Gasteiger partial charge >= 0.3 is 0 Å². The van der Waals surface area contributed by atoms with Gasteiger partial charge < -0.3 is 20.1 Å². The summed E-state index contributed by atoms with van der Waals surface area (Å²) in [6.45, 7) is 11.1. The molecule has 2 amide bonds. The molecule has 2 N–H and O–H groups in total. The number of imidazole rings is 1. The van der Waals surface area contributed by atoms with Gasteiger partial charge in [0.05, 0.1) is 33.2 Å². The molecule has 0 spiro atoms. The van der Waals surface area contributed by atoms with E-state index in [1.165, 1.54) is 0 Å². The van der Waals surface area contributed by atoms with Crippen molar-refractivity contribution in [1.29, 1.82) is 0 Å². The Kier molecular flexibility index (Phi) is 5.87. The minimum atomic E-state index is -0.634. The first-order valence-corrected chi connectivity index (χ1v) is 10.3. The maximum absolute atomic E-state index is 12.8. The van der Waals surface area contributed by atoms with Gasteiger partial charge in [-0.15, -0.1) is 0 Å². The number of benzene rings is 1. The summed E-state index contributed by atoms with van der Waals surface area (Å²) in [5.74, 6) is 0.474. The Hall–Kier alpha value is -1.83. The van der Waals surface area contributed by atoms with Crippen molar-refractivity contribution in [2.75, 3.05) is 13.1 Å². The van der Waals surface area contributed by atoms with E-state index in [0.29, 0.717) is 46.5 Å². The summed E-state index contributed by atoms with van der Waals surface area (Å²) in [6, 6.07) is 3.40. The number of amides is 2. The average Bonchev–Trinajstić information content (AvgIpc) is 2.87. The molecule has 1 aliphatic heterocycles. The van der Waals surface area contributed by atoms with Crippen LogP contribution in [-0.4, -0.2) is 50.4 Å². The summed E-state index contributed by atoms with van der Waals surface area (Å²) < 4.78 is 1.81. The first-order valence-electron chi connectivity index (χ1n) is 9.57. The van der Waals surface area contributed by atoms with Crippen LogP contribution < -0.4 is 10.6 Å². The van der Waals surface area contributed by atoms with E-state index in [0.717, 1.165) is 0 Å². The molecule has 1 aliphatic rings. The number of nitrogens with one attached hydrogen (secondary N) is 2. The van der Waals surface area contributed by atoms with Crippen molar-refractivity contribution in [3.05, 3.63) is 28.0 Å². The van der Waals surface area contributed by atoms with Gasteiger partial charge in [-0.05, 0) is 46.8 Å². The number of rotatable bonds is 4. The monoisotopic (exact) mass is 439 g/mol. The van der Waals surface area contributed by atoms with Gasteiger partial charge in [-0.3, -0.25) is 9.59 Å². The number of hydrogen-bond acceptors (Lipinski definition) is 4. The lowest BCUT2D eigenvalue weighted by Gasteiger charge is -2.38. The van der Waals surface area contributed by atoms with Crippen LogP contribution in [0.3, 0.4) is 0 Å². The fourth-order valence-corrected chi connectivity index (χ4v) is 3.78. The second kappa shape index (κ2) is 7.78. The van der Waals surface area contributed by atoms with Gasteiger partial charge in [0.15, 0.2) is 0 Å². The number of aromatic nitrogens is 2. The van der Waals surface area contributed by atoms with E-state index in [1.807, 2.05) is 34.6 Å². The van der Waals surface area contributed by atoms with Gasteiger partial charge in [0, 0.05) is 18.6 Å². The Morgan fingerprint density at radius 1 is 1.28 bits per heavy atom. The van der Waals surface area contributed by atoms with E-state index < -0.39 is 5.54 Å². The summed E-state index contributed by atoms with van der Waals surface area (Å²) in [7, 11) is 0. The van der Waals surface area contributed by atoms with E-state index in [1.54, 1.807) is 21.6 Å². The molecule has 0 atom stereocenters. The largest absolute Gasteiger partial charge is 0.350 e. The van der Waals surface area contributed by atoms with Gasteiger partial charge in [0.25, 0.3) is 0 Å². The molecule has 1 aromatic heterocycles. The van der Waals surface area contributed by atoms with Crippen molar-refractivity contribution in [3.63, 3.8) is 0 Å². The zero-order valence-electron chi connectivity index (χ0n) is 17.4. The predicted octanol–water partition coefficient (Wildman–Crippen LogP) is 2.97. The third-order valence-electron chi connectivity index (χ3n) is 4.79. The Balaban J connectivity index is 1.99. The SMILES string of the molecule is CC(C)(C)NC(=O)Cn1c(CN2CCNC(C)(C)C2=O)nc2cc(Cl)c(Cl)cc21. The number of halogens is 2. The summed E-state index contributed by atoms with van der Waals surface area (Å²) in [5.41, 5.74) is 0.360. The van der Waals surface area contributed by atoms with Crippen LogP contribution in [0.15, 0.2) is 12.1 Å². The van der Waals surface area contributed by atoms with Crippen molar-refractivity contribution >= 4 is 46.0 Å². The molecule has 1 saturated heterocycles. The van der Waals surface area contributed by atoms with Crippen LogP contribution in [0, 0.1) is 0 Å². The molecule has 0 bridgehead atoms. The Labute approximate surface area is 180 Å². The minimum Gasteiger partial charge on any atom is -0.350 e. The molecule has 158 valence electrons. The predicted molar refractivity (Wildman–Crippen MR) is 115 cm³/mol. The van der Waals surface area contributed by atoms with Crippen LogP contribution in [0.1, 0.15) is 40.4 Å². The van der Waals surface area contributed by atoms with Crippen molar-refractivity contribution in [3.8, 4) is 0 Å². The highest BCUT2D eigenvalue weighted by Gasteiger charge is 2.36. The van der Waals surface area contributed by atoms with Crippen molar-refractivity contribution in [2.24, 2.45) is 0 Å². The minimum absolute atomic E-state index is 0.00226. The van der Waals surface area contributed by atoms with Gasteiger partial charge in [-0.2, -0.15) is 0 Å². The van der Waals surface area contributed by atoms with Crippen molar-refractivity contribution in [2.45, 2.75) is 58.8 Å². The normalized spacial score (nSPS) is 17.1. The maximum Gasteiger partial charge on any atom is 0.242 e. The highest BCUT2D eigenvalue weighted by atomic mass is 35.5. The molecule has 7 nitrogen and oxygen atoms in total. The summed E-state index contributed by atoms with van der Waals surface area (Å²) in [5, 5.41) is 6.97. The molecule has 0 radical (unpaired) electrons. The topological polar surface area (TPSA) is 79.3 Å². The fraction of sp³-hybridized carbons (Fsp3) is 0.550. The lowest BCUT2D eigenvalue weighted by Crippen LogP contribution is -2.60. The number of hydrogen-bond donors (Lipinski definition) is 2. The zero-order valence-corrected chi connectivity index (χ0v) is 18.9. The second-order valence-electron chi connectivity index (χ2n) is 8.95. The van der Waals surface area contributed by atoms with Crippen LogP contribution in [0.2, 0.25) is 10.0 Å². The molecule has 9 heteroatoms. The van der Waals surface area contributed by atoms with Crippen LogP contribution in [-0.2, 0) is 22.7 Å². The first-order chi connectivity index (χ1) is 13.4. The number of carbonyl (C=O) groups is 2. The standard InChI is InChI=1S/C20H27Cl2N5O2/c1-19(2,3)25-17(28)11-27-15-9-13(22)12(21)8-14(15)24-16(27)10-26-7-6-23-20(4,5)18(26)29/h8-9,23H,6-7,10-11H2,1-5H3,(H,25,28). The molecule has 29 heavy (non-hydrogen) atoms. The van der Waals surface area contributed by atoms with Crippen molar-refractivity contribution < 1.29 is 9.59 Å². The molecule has 3 rings (SSSR count). The molecule has 2 heterocycles. The highest BCUT2D eigenvalue weighted by Crippen LogP contribution is 2.29. The van der Waals surface area contributed by atoms with E-state index >= 15 is 0 Å². The number of nitrogens with zero attached hydrogens (tertiary/aromatic N) is 3. The smallest absolute Gasteiger partial charge is 0.242 e. The van der Waals surface area contributed by atoms with E-state index in [9.17, 15) is 9.59 Å². The molecule has 0 unspecified atom stereocenters. The first kappa shape index (κ1) is 21.9. The molecular formula is C20H27Cl2N5O2. The number of piperazine rings is 1.